The molecule has 1 aromatic rings. The van der Waals surface area contributed by atoms with Gasteiger partial charge in [0.15, 0.2) is 6.23 Å². The van der Waals surface area contributed by atoms with Crippen molar-refractivity contribution in [2.45, 2.75) is 12.6 Å². The van der Waals surface area contributed by atoms with Crippen LogP contribution in [-0.4, -0.2) is 17.2 Å². The molecule has 70 valence electrons. The van der Waals surface area contributed by atoms with Crippen LogP contribution in [0.5, 0.6) is 0 Å². The lowest BCUT2D eigenvalue weighted by atomic mass is 10.2. The SMILES string of the molecule is O=C1C2=C(C2)C(O)N1c1ccccc1. The third kappa shape index (κ3) is 0.873. The molecule has 2 aliphatic rings. The number of carbonyl (C=O) groups is 1. The van der Waals surface area contributed by atoms with Crippen LogP contribution in [0.2, 0.25) is 0 Å². The van der Waals surface area contributed by atoms with Crippen LogP contribution in [-0.2, 0) is 4.79 Å². The normalized spacial score (nSPS) is 24.2. The maximum absolute atomic E-state index is 11.7. The second kappa shape index (κ2) is 2.45. The van der Waals surface area contributed by atoms with E-state index in [0.717, 1.165) is 16.8 Å². The molecule has 0 spiro atoms. The molecule has 0 saturated heterocycles. The van der Waals surface area contributed by atoms with Gasteiger partial charge in [-0.1, -0.05) is 18.2 Å². The number of benzene rings is 1. The topological polar surface area (TPSA) is 40.5 Å². The lowest BCUT2D eigenvalue weighted by molar-refractivity contribution is -0.115. The fourth-order valence-electron chi connectivity index (χ4n) is 1.87. The Balaban J connectivity index is 1.99. The zero-order chi connectivity index (χ0) is 9.71. The molecule has 3 nitrogen and oxygen atoms in total. The van der Waals surface area contributed by atoms with E-state index in [-0.39, 0.29) is 5.91 Å². The van der Waals surface area contributed by atoms with E-state index in [1.165, 1.54) is 4.90 Å². The Hall–Kier alpha value is -1.61. The molecule has 1 N–H and O–H groups in total. The molecule has 1 atom stereocenters. The van der Waals surface area contributed by atoms with E-state index in [9.17, 15) is 9.90 Å². The Kier molecular flexibility index (Phi) is 1.36. The summed E-state index contributed by atoms with van der Waals surface area (Å²) in [5.41, 5.74) is 2.44. The van der Waals surface area contributed by atoms with Gasteiger partial charge in [0, 0.05) is 17.7 Å². The van der Waals surface area contributed by atoms with Crippen molar-refractivity contribution < 1.29 is 9.90 Å². The van der Waals surface area contributed by atoms with Crippen LogP contribution < -0.4 is 4.90 Å². The van der Waals surface area contributed by atoms with Crippen molar-refractivity contribution in [1.29, 1.82) is 0 Å². The van der Waals surface area contributed by atoms with Crippen LogP contribution in [0.1, 0.15) is 6.42 Å². The first-order valence-electron chi connectivity index (χ1n) is 4.57. The van der Waals surface area contributed by atoms with Crippen molar-refractivity contribution in [3.05, 3.63) is 41.5 Å². The van der Waals surface area contributed by atoms with Crippen LogP contribution in [0.15, 0.2) is 41.5 Å². The molecule has 1 heterocycles. The molecule has 1 amide bonds. The number of anilines is 1. The zero-order valence-electron chi connectivity index (χ0n) is 7.47. The largest absolute Gasteiger partial charge is 0.369 e. The Labute approximate surface area is 81.3 Å². The molecule has 3 rings (SSSR count). The smallest absolute Gasteiger partial charge is 0.257 e. The molecule has 1 aliphatic heterocycles. The van der Waals surface area contributed by atoms with Gasteiger partial charge in [-0.25, -0.2) is 0 Å². The van der Waals surface area contributed by atoms with Gasteiger partial charge in [-0.15, -0.1) is 0 Å². The van der Waals surface area contributed by atoms with Gasteiger partial charge in [-0.05, 0) is 17.7 Å². The van der Waals surface area contributed by atoms with Crippen LogP contribution in [0, 0.1) is 0 Å². The van der Waals surface area contributed by atoms with Crippen LogP contribution in [0.3, 0.4) is 0 Å². The van der Waals surface area contributed by atoms with Crippen LogP contribution in [0.4, 0.5) is 5.69 Å². The minimum atomic E-state index is -0.722. The standard InChI is InChI=1S/C11H9NO2/c13-10-8-6-9(8)11(14)12(10)7-4-2-1-3-5-7/h1-5,10,13H,6H2. The fourth-order valence-corrected chi connectivity index (χ4v) is 1.87. The summed E-state index contributed by atoms with van der Waals surface area (Å²) in [7, 11) is 0. The fraction of sp³-hybridized carbons (Fsp3) is 0.182. The van der Waals surface area contributed by atoms with Gasteiger partial charge in [0.2, 0.25) is 0 Å². The number of piperidine rings is 1. The maximum Gasteiger partial charge on any atom is 0.257 e. The quantitative estimate of drug-likeness (QED) is 0.714. The van der Waals surface area contributed by atoms with Gasteiger partial charge in [-0.2, -0.15) is 0 Å². The zero-order valence-corrected chi connectivity index (χ0v) is 7.47. The second-order valence-corrected chi connectivity index (χ2v) is 3.56. The first kappa shape index (κ1) is 7.76. The molecular weight excluding hydrogens is 178 g/mol. The third-order valence-electron chi connectivity index (χ3n) is 2.70. The first-order chi connectivity index (χ1) is 6.79. The summed E-state index contributed by atoms with van der Waals surface area (Å²) in [4.78, 5) is 13.1. The maximum atomic E-state index is 11.7. The minimum absolute atomic E-state index is 0.0429. The van der Waals surface area contributed by atoms with Crippen molar-refractivity contribution in [2.24, 2.45) is 0 Å². The third-order valence-corrected chi connectivity index (χ3v) is 2.70. The van der Waals surface area contributed by atoms with E-state index in [4.69, 9.17) is 0 Å². The number of hydrogen-bond acceptors (Lipinski definition) is 2. The average Bonchev–Trinajstić information content (AvgIpc) is 2.94. The number of aliphatic hydroxyl groups excluding tert-OH is 1. The summed E-state index contributed by atoms with van der Waals surface area (Å²) >= 11 is 0. The number of para-hydroxylation sites is 1. The number of aliphatic hydroxyl groups is 1. The molecular formula is C11H9NO2. The van der Waals surface area contributed by atoms with E-state index < -0.39 is 6.23 Å². The number of hydrogen-bond donors (Lipinski definition) is 1. The lowest BCUT2D eigenvalue weighted by Crippen LogP contribution is -2.37. The summed E-state index contributed by atoms with van der Waals surface area (Å²) < 4.78 is 0. The first-order valence-corrected chi connectivity index (χ1v) is 4.57. The predicted octanol–water partition coefficient (Wildman–Crippen LogP) is 1.05. The molecule has 14 heavy (non-hydrogen) atoms. The van der Waals surface area contributed by atoms with Crippen LogP contribution in [0.25, 0.3) is 0 Å². The highest BCUT2D eigenvalue weighted by molar-refractivity contribution is 6.14. The van der Waals surface area contributed by atoms with Gasteiger partial charge in [0.05, 0.1) is 0 Å². The molecule has 0 fully saturated rings. The number of nitrogens with zero attached hydrogens (tertiary/aromatic N) is 1. The summed E-state index contributed by atoms with van der Waals surface area (Å²) in [5, 5.41) is 9.77. The molecule has 0 saturated carbocycles. The highest BCUT2D eigenvalue weighted by Crippen LogP contribution is 2.44. The Morgan fingerprint density at radius 2 is 2.00 bits per heavy atom. The van der Waals surface area contributed by atoms with Gasteiger partial charge in [0.1, 0.15) is 0 Å². The summed E-state index contributed by atoms with van der Waals surface area (Å²) in [6.45, 7) is 0. The molecule has 0 bridgehead atoms. The van der Waals surface area contributed by atoms with Crippen LogP contribution >= 0.6 is 0 Å². The average molecular weight is 187 g/mol. The lowest BCUT2D eigenvalue weighted by Gasteiger charge is -2.23. The molecule has 0 aromatic heterocycles. The molecule has 3 heteroatoms. The number of carbonyl (C=O) groups excluding carboxylic acids is 1. The number of amides is 1. The van der Waals surface area contributed by atoms with E-state index in [1.807, 2.05) is 30.3 Å². The van der Waals surface area contributed by atoms with Crippen molar-refractivity contribution >= 4 is 11.6 Å². The van der Waals surface area contributed by atoms with E-state index in [2.05, 4.69) is 0 Å². The van der Waals surface area contributed by atoms with E-state index in [1.54, 1.807) is 0 Å². The van der Waals surface area contributed by atoms with E-state index >= 15 is 0 Å². The summed E-state index contributed by atoms with van der Waals surface area (Å²) in [5.74, 6) is -0.0429. The summed E-state index contributed by atoms with van der Waals surface area (Å²) in [6.07, 6.45) is -0.0246. The molecule has 0 radical (unpaired) electrons. The predicted molar refractivity (Wildman–Crippen MR) is 51.6 cm³/mol. The Morgan fingerprint density at radius 3 is 2.57 bits per heavy atom. The number of rotatable bonds is 1. The van der Waals surface area contributed by atoms with Gasteiger partial charge >= 0.3 is 0 Å². The highest BCUT2D eigenvalue weighted by Gasteiger charge is 2.47. The highest BCUT2D eigenvalue weighted by atomic mass is 16.3. The van der Waals surface area contributed by atoms with Crippen molar-refractivity contribution in [2.75, 3.05) is 4.90 Å². The minimum Gasteiger partial charge on any atom is -0.369 e. The monoisotopic (exact) mass is 187 g/mol. The van der Waals surface area contributed by atoms with Gasteiger partial charge in [0.25, 0.3) is 5.91 Å². The Morgan fingerprint density at radius 1 is 1.29 bits per heavy atom. The van der Waals surface area contributed by atoms with E-state index in [0.29, 0.717) is 6.42 Å². The molecule has 1 aliphatic carbocycles. The van der Waals surface area contributed by atoms with Crippen molar-refractivity contribution in [1.82, 2.24) is 0 Å². The summed E-state index contributed by atoms with van der Waals surface area (Å²) in [6, 6.07) is 9.25. The Bertz CT molecular complexity index is 436. The van der Waals surface area contributed by atoms with Gasteiger partial charge < -0.3 is 5.11 Å². The van der Waals surface area contributed by atoms with Crippen molar-refractivity contribution in [3.8, 4) is 0 Å². The second-order valence-electron chi connectivity index (χ2n) is 3.56. The van der Waals surface area contributed by atoms with Gasteiger partial charge in [-0.3, -0.25) is 9.69 Å². The molecule has 1 unspecified atom stereocenters. The molecule has 1 aromatic carbocycles. The van der Waals surface area contributed by atoms with Crippen molar-refractivity contribution in [3.63, 3.8) is 0 Å².